The maximum atomic E-state index is 11.5. The van der Waals surface area contributed by atoms with Crippen molar-refractivity contribution < 1.29 is 14.6 Å². The van der Waals surface area contributed by atoms with Crippen LogP contribution >= 0.6 is 0 Å². The first kappa shape index (κ1) is 24.3. The Morgan fingerprint density at radius 3 is 2.62 bits per heavy atom. The van der Waals surface area contributed by atoms with Gasteiger partial charge in [0.15, 0.2) is 0 Å². The molecule has 4 rings (SSSR count). The van der Waals surface area contributed by atoms with Crippen molar-refractivity contribution in [2.45, 2.75) is 124 Å². The zero-order valence-electron chi connectivity index (χ0n) is 21.6. The van der Waals surface area contributed by atoms with E-state index in [-0.39, 0.29) is 12.1 Å². The molecule has 4 aliphatic carbocycles. The minimum Gasteiger partial charge on any atom is -0.462 e. The fourth-order valence-corrected chi connectivity index (χ4v) is 9.00. The number of carbonyl (C=O) groups is 1. The zero-order valence-corrected chi connectivity index (χ0v) is 21.6. The van der Waals surface area contributed by atoms with Crippen LogP contribution in [0.5, 0.6) is 0 Å². The SMILES string of the molecule is CC(=O)O[C@H]1CC[C@@]2(C)C(=CC[C@H]3[C@@H]4CC[C@@H]([C@H](C)CCCC(C)(C)O)[C@@]4(C)CC[C@@H]32)C1. The van der Waals surface area contributed by atoms with Gasteiger partial charge >= 0.3 is 5.97 Å². The van der Waals surface area contributed by atoms with Gasteiger partial charge in [-0.1, -0.05) is 45.3 Å². The van der Waals surface area contributed by atoms with Crippen LogP contribution in [0.2, 0.25) is 0 Å². The van der Waals surface area contributed by atoms with Crippen LogP contribution in [0.4, 0.5) is 0 Å². The average molecular weight is 445 g/mol. The molecule has 182 valence electrons. The maximum Gasteiger partial charge on any atom is 0.302 e. The van der Waals surface area contributed by atoms with E-state index in [9.17, 15) is 9.90 Å². The van der Waals surface area contributed by atoms with Crippen LogP contribution < -0.4 is 0 Å². The molecule has 3 saturated carbocycles. The first-order chi connectivity index (χ1) is 14.9. The van der Waals surface area contributed by atoms with Gasteiger partial charge in [-0.25, -0.2) is 0 Å². The highest BCUT2D eigenvalue weighted by molar-refractivity contribution is 5.66. The summed E-state index contributed by atoms with van der Waals surface area (Å²) in [4.78, 5) is 11.5. The molecule has 0 bridgehead atoms. The maximum absolute atomic E-state index is 11.5. The number of hydrogen-bond donors (Lipinski definition) is 1. The molecule has 0 radical (unpaired) electrons. The molecule has 0 aromatic heterocycles. The van der Waals surface area contributed by atoms with Crippen molar-refractivity contribution in [3.63, 3.8) is 0 Å². The smallest absolute Gasteiger partial charge is 0.302 e. The largest absolute Gasteiger partial charge is 0.462 e. The molecule has 1 N–H and O–H groups in total. The van der Waals surface area contributed by atoms with Gasteiger partial charge in [0.1, 0.15) is 6.10 Å². The molecular weight excluding hydrogens is 396 g/mol. The predicted octanol–water partition coefficient (Wildman–Crippen LogP) is 7.07. The van der Waals surface area contributed by atoms with E-state index in [4.69, 9.17) is 4.74 Å². The lowest BCUT2D eigenvalue weighted by Gasteiger charge is -2.58. The van der Waals surface area contributed by atoms with E-state index in [2.05, 4.69) is 26.8 Å². The number of ether oxygens (including phenoxy) is 1. The quantitative estimate of drug-likeness (QED) is 0.352. The Hall–Kier alpha value is -0.830. The van der Waals surface area contributed by atoms with E-state index in [0.717, 1.165) is 55.3 Å². The van der Waals surface area contributed by atoms with Crippen molar-refractivity contribution in [2.24, 2.45) is 40.4 Å². The van der Waals surface area contributed by atoms with Gasteiger partial charge in [-0.2, -0.15) is 0 Å². The number of esters is 1. The number of aliphatic hydroxyl groups is 1. The fraction of sp³-hybridized carbons (Fsp3) is 0.897. The topological polar surface area (TPSA) is 46.5 Å². The summed E-state index contributed by atoms with van der Waals surface area (Å²) in [5.74, 6) is 3.98. The number of fused-ring (bicyclic) bond motifs is 5. The summed E-state index contributed by atoms with van der Waals surface area (Å²) in [7, 11) is 0. The Bertz CT molecular complexity index is 733. The van der Waals surface area contributed by atoms with E-state index >= 15 is 0 Å². The summed E-state index contributed by atoms with van der Waals surface area (Å²) in [5.41, 5.74) is 1.87. The Balaban J connectivity index is 1.45. The normalized spacial score (nSPS) is 42.3. The summed E-state index contributed by atoms with van der Waals surface area (Å²) >= 11 is 0. The lowest BCUT2D eigenvalue weighted by molar-refractivity contribution is -0.148. The standard InChI is InChI=1S/C29H48O3/c1-19(8-7-15-27(3,4)31)24-11-12-25-23-10-9-21-18-22(32-20(2)30)13-16-28(21,5)26(23)14-17-29(24,25)6/h9,19,22-26,31H,7-8,10-18H2,1-6H3/t19-,22+,23+,24+,25+,26+,28+,29-/m1/s1. The van der Waals surface area contributed by atoms with E-state index in [1.807, 2.05) is 13.8 Å². The van der Waals surface area contributed by atoms with Crippen LogP contribution in [0.25, 0.3) is 0 Å². The summed E-state index contributed by atoms with van der Waals surface area (Å²) in [6.07, 6.45) is 15.9. The van der Waals surface area contributed by atoms with Crippen LogP contribution in [0, 0.1) is 40.4 Å². The number of rotatable bonds is 6. The minimum absolute atomic E-state index is 0.0952. The second-order valence-electron chi connectivity index (χ2n) is 13.1. The highest BCUT2D eigenvalue weighted by Crippen LogP contribution is 2.67. The molecule has 0 unspecified atom stereocenters. The van der Waals surface area contributed by atoms with E-state index in [1.165, 1.54) is 44.9 Å². The van der Waals surface area contributed by atoms with E-state index in [1.54, 1.807) is 12.5 Å². The predicted molar refractivity (Wildman–Crippen MR) is 130 cm³/mol. The number of hydrogen-bond acceptors (Lipinski definition) is 3. The Morgan fingerprint density at radius 2 is 1.94 bits per heavy atom. The van der Waals surface area contributed by atoms with Crippen molar-refractivity contribution in [2.75, 3.05) is 0 Å². The summed E-state index contributed by atoms with van der Waals surface area (Å²) in [5, 5.41) is 10.1. The van der Waals surface area contributed by atoms with Gasteiger partial charge in [0.05, 0.1) is 5.60 Å². The lowest BCUT2D eigenvalue weighted by Crippen LogP contribution is -2.51. The molecule has 0 aliphatic heterocycles. The first-order valence-corrected chi connectivity index (χ1v) is 13.5. The van der Waals surface area contributed by atoms with Crippen LogP contribution in [0.3, 0.4) is 0 Å². The molecule has 8 atom stereocenters. The van der Waals surface area contributed by atoms with Gasteiger partial charge in [-0.05, 0) is 106 Å². The van der Waals surface area contributed by atoms with Gasteiger partial charge < -0.3 is 9.84 Å². The van der Waals surface area contributed by atoms with Gasteiger partial charge in [-0.3, -0.25) is 4.79 Å². The highest BCUT2D eigenvalue weighted by Gasteiger charge is 2.59. The van der Waals surface area contributed by atoms with Crippen LogP contribution in [-0.2, 0) is 9.53 Å². The van der Waals surface area contributed by atoms with Gasteiger partial charge in [0.25, 0.3) is 0 Å². The monoisotopic (exact) mass is 444 g/mol. The molecule has 3 fully saturated rings. The molecule has 3 heteroatoms. The third kappa shape index (κ3) is 4.44. The van der Waals surface area contributed by atoms with Gasteiger partial charge in [0, 0.05) is 13.3 Å². The molecule has 3 nitrogen and oxygen atoms in total. The first-order valence-electron chi connectivity index (χ1n) is 13.5. The van der Waals surface area contributed by atoms with Crippen molar-refractivity contribution in [1.82, 2.24) is 0 Å². The Morgan fingerprint density at radius 1 is 1.19 bits per heavy atom. The molecule has 0 heterocycles. The van der Waals surface area contributed by atoms with E-state index in [0.29, 0.717) is 10.8 Å². The summed E-state index contributed by atoms with van der Waals surface area (Å²) in [6.45, 7) is 13.1. The molecular formula is C29H48O3. The minimum atomic E-state index is -0.532. The lowest BCUT2D eigenvalue weighted by atomic mass is 9.47. The third-order valence-electron chi connectivity index (χ3n) is 10.6. The van der Waals surface area contributed by atoms with Crippen molar-refractivity contribution in [1.29, 1.82) is 0 Å². The molecule has 0 aromatic carbocycles. The van der Waals surface area contributed by atoms with Gasteiger partial charge in [-0.15, -0.1) is 0 Å². The molecule has 4 aliphatic rings. The second kappa shape index (κ2) is 8.75. The van der Waals surface area contributed by atoms with Crippen molar-refractivity contribution in [3.8, 4) is 0 Å². The van der Waals surface area contributed by atoms with Crippen molar-refractivity contribution >= 4 is 5.97 Å². The van der Waals surface area contributed by atoms with E-state index < -0.39 is 5.60 Å². The summed E-state index contributed by atoms with van der Waals surface area (Å²) in [6, 6.07) is 0. The molecule has 0 aromatic rings. The fourth-order valence-electron chi connectivity index (χ4n) is 9.00. The second-order valence-corrected chi connectivity index (χ2v) is 13.1. The van der Waals surface area contributed by atoms with Crippen LogP contribution in [0.1, 0.15) is 112 Å². The Kier molecular flexibility index (Phi) is 6.64. The third-order valence-corrected chi connectivity index (χ3v) is 10.6. The summed E-state index contributed by atoms with van der Waals surface area (Å²) < 4.78 is 5.60. The molecule has 0 spiro atoms. The molecule has 0 amide bonds. The average Bonchev–Trinajstić information content (AvgIpc) is 3.04. The highest BCUT2D eigenvalue weighted by atomic mass is 16.5. The van der Waals surface area contributed by atoms with Crippen molar-refractivity contribution in [3.05, 3.63) is 11.6 Å². The van der Waals surface area contributed by atoms with Crippen LogP contribution in [-0.4, -0.2) is 22.8 Å². The van der Waals surface area contributed by atoms with Crippen LogP contribution in [0.15, 0.2) is 11.6 Å². The number of carbonyl (C=O) groups excluding carboxylic acids is 1. The zero-order chi connectivity index (χ0) is 23.3. The Labute approximate surface area is 196 Å². The molecule has 32 heavy (non-hydrogen) atoms. The molecule has 0 saturated heterocycles. The number of allylic oxidation sites excluding steroid dienone is 1. The van der Waals surface area contributed by atoms with Gasteiger partial charge in [0.2, 0.25) is 0 Å².